The van der Waals surface area contributed by atoms with Gasteiger partial charge in [0.25, 0.3) is 0 Å². The van der Waals surface area contributed by atoms with Crippen LogP contribution in [0.25, 0.3) is 0 Å². The van der Waals surface area contributed by atoms with Crippen LogP contribution in [-0.4, -0.2) is 16.3 Å². The Morgan fingerprint density at radius 2 is 1.84 bits per heavy atom. The monoisotopic (exact) mass is 256 g/mol. The summed E-state index contributed by atoms with van der Waals surface area (Å²) in [7, 11) is 0. The zero-order valence-corrected chi connectivity index (χ0v) is 11.3. The fraction of sp³-hybridized carbons (Fsp3) is 0.267. The molecular formula is C15H16N2O2. The van der Waals surface area contributed by atoms with Crippen LogP contribution in [0.4, 0.5) is 0 Å². The highest BCUT2D eigenvalue weighted by atomic mass is 16.5. The summed E-state index contributed by atoms with van der Waals surface area (Å²) in [6.45, 7) is 6.42. The molecule has 0 amide bonds. The van der Waals surface area contributed by atoms with E-state index in [2.05, 4.69) is 36.8 Å². The highest BCUT2D eigenvalue weighted by Gasteiger charge is 2.14. The molecule has 4 heteroatoms. The zero-order valence-electron chi connectivity index (χ0n) is 11.3. The Morgan fingerprint density at radius 1 is 1.16 bits per heavy atom. The van der Waals surface area contributed by atoms with E-state index < -0.39 is 0 Å². The summed E-state index contributed by atoms with van der Waals surface area (Å²) in [5, 5.41) is 0. The fourth-order valence-corrected chi connectivity index (χ4v) is 1.57. The molecule has 0 atom stereocenters. The molecule has 0 fully saturated rings. The van der Waals surface area contributed by atoms with Crippen LogP contribution >= 0.6 is 0 Å². The van der Waals surface area contributed by atoms with Crippen molar-refractivity contribution in [2.75, 3.05) is 0 Å². The third kappa shape index (κ3) is 3.37. The van der Waals surface area contributed by atoms with Crippen LogP contribution in [0.3, 0.4) is 0 Å². The molecule has 1 aromatic carbocycles. The van der Waals surface area contributed by atoms with E-state index in [9.17, 15) is 4.79 Å². The second-order valence-corrected chi connectivity index (χ2v) is 5.30. The van der Waals surface area contributed by atoms with Crippen molar-refractivity contribution in [3.05, 3.63) is 47.8 Å². The fourth-order valence-electron chi connectivity index (χ4n) is 1.57. The summed E-state index contributed by atoms with van der Waals surface area (Å²) in [5.74, 6) is 0.686. The van der Waals surface area contributed by atoms with Gasteiger partial charge in [-0.25, -0.2) is 9.97 Å². The molecule has 0 aliphatic carbocycles. The van der Waals surface area contributed by atoms with Crippen molar-refractivity contribution in [3.63, 3.8) is 0 Å². The molecule has 98 valence electrons. The van der Waals surface area contributed by atoms with Crippen LogP contribution in [0.1, 0.15) is 36.7 Å². The van der Waals surface area contributed by atoms with E-state index in [0.29, 0.717) is 17.6 Å². The number of carbonyl (C=O) groups is 1. The average molecular weight is 256 g/mol. The lowest BCUT2D eigenvalue weighted by Gasteiger charge is -2.19. The van der Waals surface area contributed by atoms with Gasteiger partial charge in [0.15, 0.2) is 6.29 Å². The maximum Gasteiger partial charge on any atom is 0.321 e. The molecule has 19 heavy (non-hydrogen) atoms. The van der Waals surface area contributed by atoms with Crippen molar-refractivity contribution in [3.8, 4) is 11.8 Å². The molecule has 0 N–H and O–H groups in total. The predicted octanol–water partition coefficient (Wildman–Crippen LogP) is 3.38. The number of aromatic nitrogens is 2. The van der Waals surface area contributed by atoms with Gasteiger partial charge in [-0.1, -0.05) is 32.9 Å². The first-order valence-electron chi connectivity index (χ1n) is 6.04. The summed E-state index contributed by atoms with van der Waals surface area (Å²) in [6.07, 6.45) is 3.57. The summed E-state index contributed by atoms with van der Waals surface area (Å²) < 4.78 is 5.58. The van der Waals surface area contributed by atoms with Crippen molar-refractivity contribution in [1.29, 1.82) is 0 Å². The molecule has 0 saturated heterocycles. The maximum atomic E-state index is 10.5. The van der Waals surface area contributed by atoms with Gasteiger partial charge >= 0.3 is 6.01 Å². The maximum absolute atomic E-state index is 10.5. The molecule has 0 aliphatic rings. The number of aldehydes is 1. The van der Waals surface area contributed by atoms with Gasteiger partial charge in [0.1, 0.15) is 5.75 Å². The summed E-state index contributed by atoms with van der Waals surface area (Å²) in [5.41, 5.74) is 1.66. The van der Waals surface area contributed by atoms with E-state index in [0.717, 1.165) is 0 Å². The van der Waals surface area contributed by atoms with Gasteiger partial charge in [-0.2, -0.15) is 0 Å². The molecule has 0 bridgehead atoms. The third-order valence-electron chi connectivity index (χ3n) is 2.69. The molecule has 1 aromatic heterocycles. The van der Waals surface area contributed by atoms with Gasteiger partial charge in [-0.05, 0) is 23.1 Å². The van der Waals surface area contributed by atoms with Crippen molar-refractivity contribution in [1.82, 2.24) is 9.97 Å². The van der Waals surface area contributed by atoms with E-state index in [-0.39, 0.29) is 11.4 Å². The van der Waals surface area contributed by atoms with Crippen LogP contribution in [0.5, 0.6) is 11.8 Å². The van der Waals surface area contributed by atoms with Gasteiger partial charge in [0, 0.05) is 12.4 Å². The Balaban J connectivity index is 2.20. The highest BCUT2D eigenvalue weighted by molar-refractivity contribution is 5.73. The SMILES string of the molecule is CC(C)(C)c1cccc(Oc2ncc(C=O)cn2)c1. The largest absolute Gasteiger partial charge is 0.424 e. The molecule has 2 rings (SSSR count). The van der Waals surface area contributed by atoms with Crippen molar-refractivity contribution in [2.24, 2.45) is 0 Å². The van der Waals surface area contributed by atoms with E-state index in [1.165, 1.54) is 18.0 Å². The first kappa shape index (κ1) is 13.2. The number of benzene rings is 1. The Labute approximate surface area is 112 Å². The normalized spacial score (nSPS) is 11.1. The molecule has 0 saturated carbocycles. The van der Waals surface area contributed by atoms with Gasteiger partial charge in [0.05, 0.1) is 5.56 Å². The highest BCUT2D eigenvalue weighted by Crippen LogP contribution is 2.27. The third-order valence-corrected chi connectivity index (χ3v) is 2.69. The smallest absolute Gasteiger partial charge is 0.321 e. The molecule has 2 aromatic rings. The Bertz CT molecular complexity index is 571. The summed E-state index contributed by atoms with van der Waals surface area (Å²) in [6, 6.07) is 8.05. The second kappa shape index (κ2) is 5.18. The van der Waals surface area contributed by atoms with Crippen LogP contribution in [0.15, 0.2) is 36.7 Å². The lowest BCUT2D eigenvalue weighted by Crippen LogP contribution is -2.10. The first-order valence-corrected chi connectivity index (χ1v) is 6.04. The van der Waals surface area contributed by atoms with Crippen LogP contribution in [-0.2, 0) is 5.41 Å². The lowest BCUT2D eigenvalue weighted by atomic mass is 9.87. The molecule has 0 unspecified atom stereocenters. The molecule has 1 heterocycles. The van der Waals surface area contributed by atoms with E-state index in [4.69, 9.17) is 4.74 Å². The predicted molar refractivity (Wildman–Crippen MR) is 72.6 cm³/mol. The average Bonchev–Trinajstić information content (AvgIpc) is 2.39. The zero-order chi connectivity index (χ0) is 13.9. The number of hydrogen-bond donors (Lipinski definition) is 0. The summed E-state index contributed by atoms with van der Waals surface area (Å²) in [4.78, 5) is 18.5. The van der Waals surface area contributed by atoms with Gasteiger partial charge in [-0.3, -0.25) is 4.79 Å². The number of hydrogen-bond acceptors (Lipinski definition) is 4. The van der Waals surface area contributed by atoms with Crippen molar-refractivity contribution < 1.29 is 9.53 Å². The molecule has 0 spiro atoms. The van der Waals surface area contributed by atoms with Crippen molar-refractivity contribution >= 4 is 6.29 Å². The van der Waals surface area contributed by atoms with Crippen LogP contribution < -0.4 is 4.74 Å². The Kier molecular flexibility index (Phi) is 3.60. The van der Waals surface area contributed by atoms with Crippen LogP contribution in [0, 0.1) is 0 Å². The van der Waals surface area contributed by atoms with E-state index >= 15 is 0 Å². The number of carbonyl (C=O) groups excluding carboxylic acids is 1. The number of ether oxygens (including phenoxy) is 1. The molecular weight excluding hydrogens is 240 g/mol. The van der Waals surface area contributed by atoms with E-state index in [1.807, 2.05) is 18.2 Å². The quantitative estimate of drug-likeness (QED) is 0.790. The lowest BCUT2D eigenvalue weighted by molar-refractivity contribution is 0.112. The Hall–Kier alpha value is -2.23. The van der Waals surface area contributed by atoms with Gasteiger partial charge in [-0.15, -0.1) is 0 Å². The number of rotatable bonds is 3. The first-order chi connectivity index (χ1) is 8.99. The standard InChI is InChI=1S/C15H16N2O2/c1-15(2,3)12-5-4-6-13(7-12)19-14-16-8-11(10-18)9-17-14/h4-10H,1-3H3. The van der Waals surface area contributed by atoms with E-state index in [1.54, 1.807) is 0 Å². The van der Waals surface area contributed by atoms with Crippen LogP contribution in [0.2, 0.25) is 0 Å². The molecule has 0 aliphatic heterocycles. The van der Waals surface area contributed by atoms with Gasteiger partial charge < -0.3 is 4.74 Å². The number of nitrogens with zero attached hydrogens (tertiary/aromatic N) is 2. The van der Waals surface area contributed by atoms with Crippen molar-refractivity contribution in [2.45, 2.75) is 26.2 Å². The molecule has 0 radical (unpaired) electrons. The minimum Gasteiger partial charge on any atom is -0.424 e. The Morgan fingerprint density at radius 3 is 2.42 bits per heavy atom. The minimum atomic E-state index is 0.0571. The second-order valence-electron chi connectivity index (χ2n) is 5.30. The van der Waals surface area contributed by atoms with Gasteiger partial charge in [0.2, 0.25) is 0 Å². The minimum absolute atomic E-state index is 0.0571. The topological polar surface area (TPSA) is 52.1 Å². The summed E-state index contributed by atoms with van der Waals surface area (Å²) >= 11 is 0. The molecule has 4 nitrogen and oxygen atoms in total.